The molecule has 0 unspecified atom stereocenters. The number of benzene rings is 1. The Balaban J connectivity index is 1.50. The van der Waals surface area contributed by atoms with Crippen molar-refractivity contribution in [2.75, 3.05) is 33.3 Å². The number of likely N-dealkylation sites (N-methyl/N-ethyl adjacent to an activating group) is 1. The standard InChI is InChI=1S/C28H43N5O3/c1-3-33(23-11-6-7-12-23)27(35)20-32-19-22-17-24(36-16-8-13-26(29)34)14-15-25(22)30-28(32)31(2)18-21-9-4-5-10-21/h14-15,17,21,23H,3-13,16,18-20H2,1-2H3,(H2,29,34). The fourth-order valence-corrected chi connectivity index (χ4v) is 6.00. The van der Waals surface area contributed by atoms with E-state index in [4.69, 9.17) is 15.5 Å². The first kappa shape index (κ1) is 26.3. The highest BCUT2D eigenvalue weighted by Gasteiger charge is 2.31. The van der Waals surface area contributed by atoms with E-state index in [1.165, 1.54) is 38.5 Å². The molecular formula is C28H43N5O3. The number of primary amides is 1. The number of guanidine groups is 1. The Morgan fingerprint density at radius 3 is 2.56 bits per heavy atom. The van der Waals surface area contributed by atoms with Crippen molar-refractivity contribution < 1.29 is 14.3 Å². The van der Waals surface area contributed by atoms with Crippen molar-refractivity contribution in [3.05, 3.63) is 23.8 Å². The van der Waals surface area contributed by atoms with Crippen LogP contribution in [0.15, 0.2) is 23.2 Å². The van der Waals surface area contributed by atoms with Gasteiger partial charge in [0.15, 0.2) is 0 Å². The summed E-state index contributed by atoms with van der Waals surface area (Å²) < 4.78 is 5.86. The van der Waals surface area contributed by atoms with Crippen LogP contribution < -0.4 is 10.5 Å². The van der Waals surface area contributed by atoms with E-state index < -0.39 is 0 Å². The maximum atomic E-state index is 13.5. The van der Waals surface area contributed by atoms with Crippen LogP contribution in [0.5, 0.6) is 5.75 Å². The lowest BCUT2D eigenvalue weighted by atomic mass is 10.1. The number of hydrogen-bond acceptors (Lipinski definition) is 6. The zero-order chi connectivity index (χ0) is 25.5. The van der Waals surface area contributed by atoms with Gasteiger partial charge in [-0.2, -0.15) is 0 Å². The van der Waals surface area contributed by atoms with Gasteiger partial charge in [0, 0.05) is 44.7 Å². The number of aliphatic imine (C=N–C) groups is 1. The van der Waals surface area contributed by atoms with E-state index in [1.807, 2.05) is 18.2 Å². The van der Waals surface area contributed by atoms with Gasteiger partial charge in [-0.3, -0.25) is 9.59 Å². The zero-order valence-electron chi connectivity index (χ0n) is 22.1. The van der Waals surface area contributed by atoms with E-state index in [9.17, 15) is 9.59 Å². The summed E-state index contributed by atoms with van der Waals surface area (Å²) >= 11 is 0. The molecule has 0 radical (unpaired) electrons. The number of fused-ring (bicyclic) bond motifs is 1. The quantitative estimate of drug-likeness (QED) is 0.466. The minimum absolute atomic E-state index is 0.189. The molecule has 1 aromatic rings. The summed E-state index contributed by atoms with van der Waals surface area (Å²) in [6.45, 7) is 5.21. The summed E-state index contributed by atoms with van der Waals surface area (Å²) in [6, 6.07) is 6.32. The Hall–Kier alpha value is -2.77. The summed E-state index contributed by atoms with van der Waals surface area (Å²) in [6.07, 6.45) is 10.7. The average Bonchev–Trinajstić information content (AvgIpc) is 3.56. The highest BCUT2D eigenvalue weighted by molar-refractivity contribution is 5.89. The summed E-state index contributed by atoms with van der Waals surface area (Å²) in [5, 5.41) is 0. The molecule has 0 saturated heterocycles. The molecule has 8 nitrogen and oxygen atoms in total. The third kappa shape index (κ3) is 6.71. The topological polar surface area (TPSA) is 91.5 Å². The molecule has 3 aliphatic rings. The van der Waals surface area contributed by atoms with Gasteiger partial charge in [0.1, 0.15) is 12.3 Å². The number of nitrogens with zero attached hydrogens (tertiary/aromatic N) is 4. The smallest absolute Gasteiger partial charge is 0.242 e. The number of amides is 2. The first-order valence-electron chi connectivity index (χ1n) is 13.8. The molecule has 0 bridgehead atoms. The van der Waals surface area contributed by atoms with E-state index in [-0.39, 0.29) is 11.8 Å². The number of hydrogen-bond donors (Lipinski definition) is 1. The monoisotopic (exact) mass is 497 g/mol. The van der Waals surface area contributed by atoms with Crippen LogP contribution in [0.25, 0.3) is 0 Å². The molecule has 2 amide bonds. The normalized spacial score (nSPS) is 18.2. The summed E-state index contributed by atoms with van der Waals surface area (Å²) in [7, 11) is 2.12. The van der Waals surface area contributed by atoms with Crippen molar-refractivity contribution in [1.29, 1.82) is 0 Å². The Morgan fingerprint density at radius 2 is 1.86 bits per heavy atom. The van der Waals surface area contributed by atoms with E-state index >= 15 is 0 Å². The lowest BCUT2D eigenvalue weighted by Gasteiger charge is -2.38. The minimum atomic E-state index is -0.313. The fraction of sp³-hybridized carbons (Fsp3) is 0.679. The number of carbonyl (C=O) groups is 2. The largest absolute Gasteiger partial charge is 0.494 e. The van der Waals surface area contributed by atoms with Gasteiger partial charge in [-0.05, 0) is 63.1 Å². The van der Waals surface area contributed by atoms with Gasteiger partial charge in [0.25, 0.3) is 0 Å². The maximum absolute atomic E-state index is 13.5. The van der Waals surface area contributed by atoms with E-state index in [2.05, 4.69) is 28.7 Å². The second-order valence-corrected chi connectivity index (χ2v) is 10.6. The molecule has 2 aliphatic carbocycles. The Labute approximate surface area is 215 Å². The third-order valence-electron chi connectivity index (χ3n) is 7.85. The van der Waals surface area contributed by atoms with Gasteiger partial charge in [-0.15, -0.1) is 0 Å². The predicted molar refractivity (Wildman–Crippen MR) is 142 cm³/mol. The molecule has 2 fully saturated rings. The van der Waals surface area contributed by atoms with E-state index in [0.717, 1.165) is 48.9 Å². The van der Waals surface area contributed by atoms with Crippen molar-refractivity contribution >= 4 is 23.5 Å². The lowest BCUT2D eigenvalue weighted by Crippen LogP contribution is -2.50. The van der Waals surface area contributed by atoms with Gasteiger partial charge in [-0.25, -0.2) is 4.99 Å². The summed E-state index contributed by atoms with van der Waals surface area (Å²) in [4.78, 5) is 36.0. The SMILES string of the molecule is CCN(C(=O)CN1Cc2cc(OCCCC(N)=O)ccc2N=C1N(C)CC1CCCC1)C1CCCC1. The Morgan fingerprint density at radius 1 is 1.14 bits per heavy atom. The average molecular weight is 498 g/mol. The number of carbonyl (C=O) groups excluding carboxylic acids is 2. The van der Waals surface area contributed by atoms with Crippen molar-refractivity contribution in [3.8, 4) is 5.75 Å². The van der Waals surface area contributed by atoms with Crippen LogP contribution in [0, 0.1) is 5.92 Å². The van der Waals surface area contributed by atoms with Gasteiger partial charge in [0.2, 0.25) is 17.8 Å². The molecule has 1 aliphatic heterocycles. The van der Waals surface area contributed by atoms with Crippen molar-refractivity contribution in [1.82, 2.24) is 14.7 Å². The first-order chi connectivity index (χ1) is 17.4. The van der Waals surface area contributed by atoms with Crippen LogP contribution >= 0.6 is 0 Å². The Kier molecular flexibility index (Phi) is 9.10. The van der Waals surface area contributed by atoms with Gasteiger partial charge in [-0.1, -0.05) is 25.7 Å². The first-order valence-corrected chi connectivity index (χ1v) is 13.8. The second-order valence-electron chi connectivity index (χ2n) is 10.6. The van der Waals surface area contributed by atoms with Gasteiger partial charge < -0.3 is 25.2 Å². The van der Waals surface area contributed by atoms with Crippen LogP contribution in [0.1, 0.15) is 76.7 Å². The molecule has 0 aromatic heterocycles. The van der Waals surface area contributed by atoms with Crippen LogP contribution in [0.4, 0.5) is 5.69 Å². The molecule has 198 valence electrons. The molecule has 0 atom stereocenters. The van der Waals surface area contributed by atoms with E-state index in [0.29, 0.717) is 44.5 Å². The zero-order valence-corrected chi connectivity index (χ0v) is 22.1. The maximum Gasteiger partial charge on any atom is 0.242 e. The number of nitrogens with two attached hydrogens (primary N) is 1. The van der Waals surface area contributed by atoms with Gasteiger partial charge >= 0.3 is 0 Å². The molecule has 8 heteroatoms. The molecular weight excluding hydrogens is 454 g/mol. The minimum Gasteiger partial charge on any atom is -0.494 e. The number of rotatable bonds is 11. The molecule has 36 heavy (non-hydrogen) atoms. The lowest BCUT2D eigenvalue weighted by molar-refractivity contribution is -0.133. The van der Waals surface area contributed by atoms with Crippen molar-refractivity contribution in [3.63, 3.8) is 0 Å². The second kappa shape index (κ2) is 12.5. The predicted octanol–water partition coefficient (Wildman–Crippen LogP) is 4.05. The van der Waals surface area contributed by atoms with Crippen molar-refractivity contribution in [2.45, 2.75) is 83.7 Å². The summed E-state index contributed by atoms with van der Waals surface area (Å²) in [5.74, 6) is 2.21. The van der Waals surface area contributed by atoms with Crippen LogP contribution in [0.2, 0.25) is 0 Å². The number of ether oxygens (including phenoxy) is 1. The summed E-state index contributed by atoms with van der Waals surface area (Å²) in [5.41, 5.74) is 7.21. The highest BCUT2D eigenvalue weighted by atomic mass is 16.5. The van der Waals surface area contributed by atoms with Crippen LogP contribution in [0.3, 0.4) is 0 Å². The molecule has 4 rings (SSSR count). The van der Waals surface area contributed by atoms with E-state index in [1.54, 1.807) is 0 Å². The van der Waals surface area contributed by atoms with Crippen LogP contribution in [-0.2, 0) is 16.1 Å². The molecule has 2 N–H and O–H groups in total. The third-order valence-corrected chi connectivity index (χ3v) is 7.85. The highest BCUT2D eigenvalue weighted by Crippen LogP contribution is 2.32. The molecule has 2 saturated carbocycles. The molecule has 1 heterocycles. The van der Waals surface area contributed by atoms with Crippen molar-refractivity contribution in [2.24, 2.45) is 16.6 Å². The molecule has 1 aromatic carbocycles. The fourth-order valence-electron chi connectivity index (χ4n) is 6.00. The molecule has 0 spiro atoms. The van der Waals surface area contributed by atoms with Crippen LogP contribution in [-0.4, -0.2) is 71.8 Å². The Bertz CT molecular complexity index is 937. The van der Waals surface area contributed by atoms with Gasteiger partial charge in [0.05, 0.1) is 12.3 Å².